The summed E-state index contributed by atoms with van der Waals surface area (Å²) in [4.78, 5) is 0. The van der Waals surface area contributed by atoms with Gasteiger partial charge in [0, 0.05) is 0 Å². The fraction of sp³-hybridized carbons (Fsp3) is 0.733. The van der Waals surface area contributed by atoms with Gasteiger partial charge in [0.25, 0.3) is 0 Å². The van der Waals surface area contributed by atoms with Crippen molar-refractivity contribution < 1.29 is 9.47 Å². The summed E-state index contributed by atoms with van der Waals surface area (Å²) in [6.45, 7) is 0. The molecule has 2 aliphatic carbocycles. The molecular weight excluding hydrogens is 339 g/mol. The highest BCUT2D eigenvalue weighted by Crippen LogP contribution is 2.50. The van der Waals surface area contributed by atoms with E-state index in [1.807, 2.05) is 0 Å². The minimum Gasteiger partial charge on any atom is -0.349 e. The van der Waals surface area contributed by atoms with Crippen LogP contribution in [0.15, 0.2) is 22.3 Å². The van der Waals surface area contributed by atoms with Crippen LogP contribution in [0, 0.1) is 5.92 Å². The number of halogens is 1. The van der Waals surface area contributed by atoms with E-state index in [0.29, 0.717) is 6.10 Å². The van der Waals surface area contributed by atoms with Crippen LogP contribution < -0.4 is 0 Å². The van der Waals surface area contributed by atoms with E-state index in [0.717, 1.165) is 18.8 Å². The molecule has 0 aromatic heterocycles. The Morgan fingerprint density at radius 2 is 2.33 bits per heavy atom. The molecule has 0 aromatic rings. The largest absolute Gasteiger partial charge is 0.349 e. The zero-order valence-electron chi connectivity index (χ0n) is 10.7. The van der Waals surface area contributed by atoms with E-state index >= 15 is 0 Å². The van der Waals surface area contributed by atoms with Gasteiger partial charge in [-0.1, -0.05) is 40.8 Å². The summed E-state index contributed by atoms with van der Waals surface area (Å²) >= 11 is 2.27. The van der Waals surface area contributed by atoms with Gasteiger partial charge in [-0.25, -0.2) is 0 Å². The van der Waals surface area contributed by atoms with Crippen molar-refractivity contribution in [3.05, 3.63) is 22.3 Å². The van der Waals surface area contributed by atoms with Gasteiger partial charge in [-0.05, 0) is 54.9 Å². The van der Waals surface area contributed by atoms with Gasteiger partial charge in [0.05, 0.1) is 11.7 Å². The maximum Gasteiger partial charge on any atom is 0.159 e. The molecule has 4 unspecified atom stereocenters. The SMILES string of the molecule is IC=CCC1CCCC(OC23C=CCC2CC3)O1. The third kappa shape index (κ3) is 2.54. The minimum absolute atomic E-state index is 0.0249. The van der Waals surface area contributed by atoms with Gasteiger partial charge < -0.3 is 9.47 Å². The van der Waals surface area contributed by atoms with Crippen molar-refractivity contribution >= 4 is 22.6 Å². The number of hydrogen-bond acceptors (Lipinski definition) is 2. The van der Waals surface area contributed by atoms with E-state index < -0.39 is 0 Å². The lowest BCUT2D eigenvalue weighted by molar-refractivity contribution is -0.261. The molecule has 1 aliphatic heterocycles. The number of allylic oxidation sites excluding steroid dienone is 1. The third-order valence-corrected chi connectivity index (χ3v) is 5.05. The first kappa shape index (κ1) is 13.1. The summed E-state index contributed by atoms with van der Waals surface area (Å²) in [5.74, 6) is 0.732. The zero-order valence-corrected chi connectivity index (χ0v) is 12.8. The van der Waals surface area contributed by atoms with E-state index in [9.17, 15) is 0 Å². The summed E-state index contributed by atoms with van der Waals surface area (Å²) in [5.41, 5.74) is 0.0473. The Morgan fingerprint density at radius 1 is 1.39 bits per heavy atom. The molecule has 18 heavy (non-hydrogen) atoms. The van der Waals surface area contributed by atoms with Crippen molar-refractivity contribution in [1.82, 2.24) is 0 Å². The summed E-state index contributed by atoms with van der Waals surface area (Å²) in [6.07, 6.45) is 15.3. The first-order valence-electron chi connectivity index (χ1n) is 7.08. The number of rotatable bonds is 4. The molecule has 1 saturated carbocycles. The number of ether oxygens (including phenoxy) is 2. The second kappa shape index (κ2) is 5.63. The van der Waals surface area contributed by atoms with Gasteiger partial charge in [-0.3, -0.25) is 0 Å². The monoisotopic (exact) mass is 360 g/mol. The highest BCUT2D eigenvalue weighted by molar-refractivity contribution is 14.1. The average Bonchev–Trinajstić information content (AvgIpc) is 2.64. The molecule has 3 aliphatic rings. The average molecular weight is 360 g/mol. The van der Waals surface area contributed by atoms with Crippen LogP contribution >= 0.6 is 22.6 Å². The molecule has 0 bridgehead atoms. The molecule has 100 valence electrons. The number of fused-ring (bicyclic) bond motifs is 1. The van der Waals surface area contributed by atoms with Crippen molar-refractivity contribution in [3.63, 3.8) is 0 Å². The van der Waals surface area contributed by atoms with E-state index in [1.54, 1.807) is 0 Å². The normalized spacial score (nSPS) is 43.1. The molecule has 3 rings (SSSR count). The van der Waals surface area contributed by atoms with Crippen molar-refractivity contribution in [2.45, 2.75) is 62.9 Å². The first-order valence-corrected chi connectivity index (χ1v) is 8.33. The van der Waals surface area contributed by atoms with Crippen LogP contribution in [0.4, 0.5) is 0 Å². The van der Waals surface area contributed by atoms with Crippen LogP contribution in [0.25, 0.3) is 0 Å². The number of hydrogen-bond donors (Lipinski definition) is 0. The molecule has 1 heterocycles. The van der Waals surface area contributed by atoms with Gasteiger partial charge in [0.2, 0.25) is 0 Å². The van der Waals surface area contributed by atoms with Crippen LogP contribution in [0.5, 0.6) is 0 Å². The predicted octanol–water partition coefficient (Wildman–Crippen LogP) is 4.35. The Bertz CT molecular complexity index is 352. The summed E-state index contributed by atoms with van der Waals surface area (Å²) in [5, 5.41) is 0. The Balaban J connectivity index is 1.55. The van der Waals surface area contributed by atoms with E-state index in [1.165, 1.54) is 32.1 Å². The minimum atomic E-state index is 0.0249. The maximum absolute atomic E-state index is 6.31. The highest BCUT2D eigenvalue weighted by Gasteiger charge is 2.49. The summed E-state index contributed by atoms with van der Waals surface area (Å²) < 4.78 is 14.5. The fourth-order valence-electron chi connectivity index (χ4n) is 3.37. The fourth-order valence-corrected chi connectivity index (χ4v) is 3.66. The Labute approximate surface area is 123 Å². The molecule has 4 atom stereocenters. The highest BCUT2D eigenvalue weighted by atomic mass is 127. The lowest BCUT2D eigenvalue weighted by Crippen LogP contribution is -2.49. The predicted molar refractivity (Wildman–Crippen MR) is 80.6 cm³/mol. The van der Waals surface area contributed by atoms with Crippen molar-refractivity contribution in [2.24, 2.45) is 5.92 Å². The summed E-state index contributed by atoms with van der Waals surface area (Å²) in [6, 6.07) is 0. The van der Waals surface area contributed by atoms with Crippen LogP contribution in [0.1, 0.15) is 44.9 Å². The molecule has 0 radical (unpaired) electrons. The quantitative estimate of drug-likeness (QED) is 0.548. The van der Waals surface area contributed by atoms with Crippen molar-refractivity contribution in [2.75, 3.05) is 0 Å². The van der Waals surface area contributed by atoms with Gasteiger partial charge in [-0.2, -0.15) is 0 Å². The van der Waals surface area contributed by atoms with Crippen molar-refractivity contribution in [3.8, 4) is 0 Å². The standard InChI is InChI=1S/C15H21IO2/c16-11-3-6-13-5-1-7-14(17-13)18-15-9-2-4-12(15)8-10-15/h2-3,9,11-14H,1,4-8,10H2. The Hall–Kier alpha value is 0.130. The Kier molecular flexibility index (Phi) is 4.11. The molecule has 2 nitrogen and oxygen atoms in total. The van der Waals surface area contributed by atoms with E-state index in [4.69, 9.17) is 9.47 Å². The van der Waals surface area contributed by atoms with E-state index in [-0.39, 0.29) is 11.9 Å². The molecule has 0 amide bonds. The molecule has 0 spiro atoms. The molecule has 2 fully saturated rings. The summed E-state index contributed by atoms with van der Waals surface area (Å²) in [7, 11) is 0. The van der Waals surface area contributed by atoms with Gasteiger partial charge in [0.15, 0.2) is 6.29 Å². The van der Waals surface area contributed by atoms with Crippen LogP contribution in [0.3, 0.4) is 0 Å². The molecule has 0 aromatic carbocycles. The third-order valence-electron chi connectivity index (χ3n) is 4.54. The lowest BCUT2D eigenvalue weighted by atomic mass is 9.71. The Morgan fingerprint density at radius 3 is 3.06 bits per heavy atom. The van der Waals surface area contributed by atoms with Crippen LogP contribution in [-0.4, -0.2) is 18.0 Å². The van der Waals surface area contributed by atoms with Gasteiger partial charge >= 0.3 is 0 Å². The molecular formula is C15H21IO2. The first-order chi connectivity index (χ1) is 8.82. The molecule has 0 N–H and O–H groups in total. The lowest BCUT2D eigenvalue weighted by Gasteiger charge is -2.47. The van der Waals surface area contributed by atoms with Crippen LogP contribution in [-0.2, 0) is 9.47 Å². The topological polar surface area (TPSA) is 18.5 Å². The van der Waals surface area contributed by atoms with Gasteiger partial charge in [0.1, 0.15) is 0 Å². The van der Waals surface area contributed by atoms with Gasteiger partial charge in [-0.15, -0.1) is 0 Å². The second-order valence-electron chi connectivity index (χ2n) is 5.66. The van der Waals surface area contributed by atoms with E-state index in [2.05, 4.69) is 44.9 Å². The smallest absolute Gasteiger partial charge is 0.159 e. The maximum atomic E-state index is 6.31. The molecule has 1 saturated heterocycles. The zero-order chi connectivity index (χ0) is 12.4. The van der Waals surface area contributed by atoms with Crippen LogP contribution in [0.2, 0.25) is 0 Å². The second-order valence-corrected chi connectivity index (χ2v) is 6.38. The van der Waals surface area contributed by atoms with Crippen molar-refractivity contribution in [1.29, 1.82) is 0 Å². The molecule has 3 heteroatoms.